The second-order valence-corrected chi connectivity index (χ2v) is 6.24. The highest BCUT2D eigenvalue weighted by Crippen LogP contribution is 2.44. The number of pyridine rings is 1. The van der Waals surface area contributed by atoms with Crippen molar-refractivity contribution in [1.82, 2.24) is 15.0 Å². The summed E-state index contributed by atoms with van der Waals surface area (Å²) >= 11 is 0. The number of aromatic nitrogens is 1. The molecule has 1 aromatic heterocycles. The van der Waals surface area contributed by atoms with Crippen LogP contribution in [0, 0.1) is 5.41 Å². The Labute approximate surface area is 102 Å². The molecule has 0 amide bonds. The van der Waals surface area contributed by atoms with Gasteiger partial charge in [-0.1, -0.05) is 6.07 Å². The lowest BCUT2D eigenvalue weighted by molar-refractivity contribution is 0.467. The maximum Gasteiger partial charge on any atom is 0.258 e. The molecule has 0 radical (unpaired) electrons. The summed E-state index contributed by atoms with van der Waals surface area (Å²) in [6.07, 6.45) is 3.62. The van der Waals surface area contributed by atoms with E-state index in [0.29, 0.717) is 6.54 Å². The van der Waals surface area contributed by atoms with E-state index in [1.54, 1.807) is 12.1 Å². The molecular formula is C11H17N3O2S. The molecule has 1 fully saturated rings. The van der Waals surface area contributed by atoms with Gasteiger partial charge in [-0.3, -0.25) is 0 Å². The Morgan fingerprint density at radius 3 is 2.65 bits per heavy atom. The van der Waals surface area contributed by atoms with E-state index < -0.39 is 10.0 Å². The van der Waals surface area contributed by atoms with Crippen LogP contribution in [0.25, 0.3) is 0 Å². The average Bonchev–Trinajstić information content (AvgIpc) is 3.09. The number of hydrogen-bond acceptors (Lipinski definition) is 4. The molecule has 1 aromatic rings. The summed E-state index contributed by atoms with van der Waals surface area (Å²) in [5.74, 6) is 0. The molecule has 2 N–H and O–H groups in total. The normalized spacial score (nSPS) is 17.9. The van der Waals surface area contributed by atoms with Crippen molar-refractivity contribution >= 4 is 10.0 Å². The molecule has 1 saturated carbocycles. The monoisotopic (exact) mass is 255 g/mol. The van der Waals surface area contributed by atoms with E-state index in [1.807, 2.05) is 7.05 Å². The molecular weight excluding hydrogens is 238 g/mol. The fourth-order valence-corrected chi connectivity index (χ4v) is 2.90. The zero-order valence-electron chi connectivity index (χ0n) is 9.81. The van der Waals surface area contributed by atoms with Crippen molar-refractivity contribution in [3.05, 3.63) is 24.4 Å². The Bertz CT molecular complexity index is 469. The van der Waals surface area contributed by atoms with Crippen molar-refractivity contribution in [3.63, 3.8) is 0 Å². The number of hydrogen-bond donors (Lipinski definition) is 2. The molecule has 1 aliphatic rings. The van der Waals surface area contributed by atoms with Gasteiger partial charge in [0.05, 0.1) is 0 Å². The van der Waals surface area contributed by atoms with Gasteiger partial charge in [0, 0.05) is 19.3 Å². The lowest BCUT2D eigenvalue weighted by Crippen LogP contribution is -2.35. The smallest absolute Gasteiger partial charge is 0.258 e. The molecule has 0 bridgehead atoms. The van der Waals surface area contributed by atoms with Crippen LogP contribution < -0.4 is 10.0 Å². The second kappa shape index (κ2) is 4.72. The predicted molar refractivity (Wildman–Crippen MR) is 65.0 cm³/mol. The largest absolute Gasteiger partial charge is 0.319 e. The summed E-state index contributed by atoms with van der Waals surface area (Å²) in [5, 5.41) is 3.18. The molecule has 0 aliphatic heterocycles. The maximum absolute atomic E-state index is 11.9. The van der Waals surface area contributed by atoms with Gasteiger partial charge in [-0.15, -0.1) is 0 Å². The summed E-state index contributed by atoms with van der Waals surface area (Å²) in [4.78, 5) is 3.85. The van der Waals surface area contributed by atoms with E-state index in [4.69, 9.17) is 0 Å². The first-order valence-corrected chi connectivity index (χ1v) is 7.12. The van der Waals surface area contributed by atoms with Gasteiger partial charge in [-0.2, -0.15) is 0 Å². The molecule has 17 heavy (non-hydrogen) atoms. The molecule has 0 spiro atoms. The quantitative estimate of drug-likeness (QED) is 0.770. The molecule has 1 heterocycles. The van der Waals surface area contributed by atoms with E-state index in [1.165, 1.54) is 12.3 Å². The molecule has 1 aliphatic carbocycles. The lowest BCUT2D eigenvalue weighted by Gasteiger charge is -2.15. The molecule has 5 nitrogen and oxygen atoms in total. The number of nitrogens with zero attached hydrogens (tertiary/aromatic N) is 1. The van der Waals surface area contributed by atoms with Crippen LogP contribution in [-0.4, -0.2) is 33.5 Å². The van der Waals surface area contributed by atoms with Crippen molar-refractivity contribution in [2.45, 2.75) is 17.9 Å². The van der Waals surface area contributed by atoms with Crippen molar-refractivity contribution in [2.24, 2.45) is 5.41 Å². The van der Waals surface area contributed by atoms with Crippen LogP contribution in [0.15, 0.2) is 29.4 Å². The van der Waals surface area contributed by atoms with Gasteiger partial charge in [-0.05, 0) is 37.4 Å². The van der Waals surface area contributed by atoms with Crippen LogP contribution in [0.4, 0.5) is 0 Å². The summed E-state index contributed by atoms with van der Waals surface area (Å²) in [6.45, 7) is 1.32. The molecule has 0 aromatic carbocycles. The summed E-state index contributed by atoms with van der Waals surface area (Å²) in [7, 11) is -1.58. The summed E-state index contributed by atoms with van der Waals surface area (Å²) in [5.41, 5.74) is 0.108. The highest BCUT2D eigenvalue weighted by atomic mass is 32.2. The van der Waals surface area contributed by atoms with Crippen LogP contribution >= 0.6 is 0 Å². The van der Waals surface area contributed by atoms with Crippen molar-refractivity contribution in [2.75, 3.05) is 20.1 Å². The van der Waals surface area contributed by atoms with Crippen molar-refractivity contribution < 1.29 is 8.42 Å². The first-order valence-electron chi connectivity index (χ1n) is 5.63. The maximum atomic E-state index is 11.9. The second-order valence-electron chi connectivity index (χ2n) is 4.52. The highest BCUT2D eigenvalue weighted by molar-refractivity contribution is 7.89. The number of sulfonamides is 1. The van der Waals surface area contributed by atoms with Gasteiger partial charge in [0.1, 0.15) is 0 Å². The number of rotatable bonds is 6. The minimum atomic E-state index is -3.46. The van der Waals surface area contributed by atoms with E-state index in [2.05, 4.69) is 15.0 Å². The fourth-order valence-electron chi connectivity index (χ4n) is 1.80. The van der Waals surface area contributed by atoms with Crippen LogP contribution in [0.3, 0.4) is 0 Å². The van der Waals surface area contributed by atoms with Gasteiger partial charge >= 0.3 is 0 Å². The first-order chi connectivity index (χ1) is 8.08. The minimum absolute atomic E-state index is 0.0836. The SMILES string of the molecule is CNCC1(CNS(=O)(=O)c2ccccn2)CC1. The zero-order valence-corrected chi connectivity index (χ0v) is 10.6. The zero-order chi connectivity index (χ0) is 12.4. The van der Waals surface area contributed by atoms with Crippen molar-refractivity contribution in [1.29, 1.82) is 0 Å². The number of nitrogens with one attached hydrogen (secondary N) is 2. The Kier molecular flexibility index (Phi) is 3.46. The average molecular weight is 255 g/mol. The van der Waals surface area contributed by atoms with Crippen molar-refractivity contribution in [3.8, 4) is 0 Å². The minimum Gasteiger partial charge on any atom is -0.319 e. The first kappa shape index (κ1) is 12.5. The van der Waals surface area contributed by atoms with Crippen LogP contribution in [-0.2, 0) is 10.0 Å². The van der Waals surface area contributed by atoms with Gasteiger partial charge in [-0.25, -0.2) is 18.1 Å². The van der Waals surface area contributed by atoms with Gasteiger partial charge < -0.3 is 5.32 Å². The van der Waals surface area contributed by atoms with E-state index in [9.17, 15) is 8.42 Å². The fraction of sp³-hybridized carbons (Fsp3) is 0.545. The van der Waals surface area contributed by atoms with Gasteiger partial charge in [0.2, 0.25) is 0 Å². The Hall–Kier alpha value is -0.980. The molecule has 0 atom stereocenters. The standard InChI is InChI=1S/C11H17N3O2S/c1-12-8-11(5-6-11)9-14-17(15,16)10-4-2-3-7-13-10/h2-4,7,12,14H,5-6,8-9H2,1H3. The van der Waals surface area contributed by atoms with Crippen LogP contribution in [0.5, 0.6) is 0 Å². The predicted octanol–water partition coefficient (Wildman–Crippen LogP) is 0.359. The Morgan fingerprint density at radius 2 is 2.12 bits per heavy atom. The topological polar surface area (TPSA) is 71.1 Å². The third-order valence-electron chi connectivity index (χ3n) is 3.06. The summed E-state index contributed by atoms with van der Waals surface area (Å²) < 4.78 is 26.5. The molecule has 0 saturated heterocycles. The third-order valence-corrected chi connectivity index (χ3v) is 4.38. The van der Waals surface area contributed by atoms with E-state index >= 15 is 0 Å². The van der Waals surface area contributed by atoms with Gasteiger partial charge in [0.15, 0.2) is 5.03 Å². The molecule has 94 valence electrons. The van der Waals surface area contributed by atoms with E-state index in [0.717, 1.165) is 19.4 Å². The lowest BCUT2D eigenvalue weighted by atomic mass is 10.1. The van der Waals surface area contributed by atoms with Gasteiger partial charge in [0.25, 0.3) is 10.0 Å². The van der Waals surface area contributed by atoms with Crippen LogP contribution in [0.2, 0.25) is 0 Å². The van der Waals surface area contributed by atoms with E-state index in [-0.39, 0.29) is 10.4 Å². The molecule has 6 heteroatoms. The molecule has 0 unspecified atom stereocenters. The summed E-state index contributed by atoms with van der Waals surface area (Å²) in [6, 6.07) is 4.87. The third kappa shape index (κ3) is 3.02. The molecule has 2 rings (SSSR count). The Morgan fingerprint density at radius 1 is 1.35 bits per heavy atom. The Balaban J connectivity index is 2.00. The highest BCUT2D eigenvalue weighted by Gasteiger charge is 2.42. The van der Waals surface area contributed by atoms with Crippen LogP contribution in [0.1, 0.15) is 12.8 Å².